The predicted octanol–water partition coefficient (Wildman–Crippen LogP) is 1.01. The van der Waals surface area contributed by atoms with Crippen molar-refractivity contribution in [1.29, 1.82) is 0 Å². The van der Waals surface area contributed by atoms with Crippen molar-refractivity contribution < 1.29 is 9.90 Å². The van der Waals surface area contributed by atoms with Crippen LogP contribution in [-0.2, 0) is 4.79 Å². The number of nitrogens with two attached hydrogens (primary N) is 1. The van der Waals surface area contributed by atoms with E-state index in [1.807, 2.05) is 20.8 Å². The van der Waals surface area contributed by atoms with E-state index in [2.05, 4.69) is 0 Å². The first kappa shape index (κ1) is 18.1. The molecule has 0 radical (unpaired) electrons. The minimum Gasteiger partial charge on any atom is -0.393 e. The average molecular weight is 253 g/mol. The van der Waals surface area contributed by atoms with Crippen LogP contribution in [0.15, 0.2) is 0 Å². The van der Waals surface area contributed by atoms with Gasteiger partial charge in [0.05, 0.1) is 12.1 Å². The van der Waals surface area contributed by atoms with Gasteiger partial charge in [-0.25, -0.2) is 0 Å². The second-order valence-electron chi connectivity index (χ2n) is 5.24. The Balaban J connectivity index is 0. The Morgan fingerprint density at radius 1 is 1.44 bits per heavy atom. The van der Waals surface area contributed by atoms with Gasteiger partial charge in [0, 0.05) is 13.6 Å². The molecule has 5 heteroatoms. The van der Waals surface area contributed by atoms with Gasteiger partial charge < -0.3 is 15.7 Å². The summed E-state index contributed by atoms with van der Waals surface area (Å²) in [6, 6.07) is -0.489. The molecule has 1 unspecified atom stereocenters. The minimum absolute atomic E-state index is 0. The van der Waals surface area contributed by atoms with Gasteiger partial charge in [-0.1, -0.05) is 20.8 Å². The van der Waals surface area contributed by atoms with Crippen LogP contribution >= 0.6 is 12.4 Å². The summed E-state index contributed by atoms with van der Waals surface area (Å²) in [4.78, 5) is 13.4. The third-order valence-corrected chi connectivity index (χ3v) is 2.46. The highest BCUT2D eigenvalue weighted by Gasteiger charge is 2.29. The largest absolute Gasteiger partial charge is 0.393 e. The molecule has 4 nitrogen and oxygen atoms in total. The summed E-state index contributed by atoms with van der Waals surface area (Å²) in [5, 5.41) is 9.11. The lowest BCUT2D eigenvalue weighted by molar-refractivity contribution is -0.133. The molecule has 0 aromatic carbocycles. The van der Waals surface area contributed by atoms with Gasteiger partial charge in [-0.15, -0.1) is 12.4 Å². The molecule has 3 N–H and O–H groups in total. The van der Waals surface area contributed by atoms with Crippen LogP contribution in [0.2, 0.25) is 0 Å². The molecular weight excluding hydrogens is 228 g/mol. The Labute approximate surface area is 105 Å². The number of amides is 1. The second kappa shape index (κ2) is 7.09. The van der Waals surface area contributed by atoms with E-state index in [1.54, 1.807) is 18.9 Å². The number of carbonyl (C=O) groups is 1. The van der Waals surface area contributed by atoms with E-state index in [0.717, 1.165) is 0 Å². The summed E-state index contributed by atoms with van der Waals surface area (Å²) in [5.74, 6) is -0.0665. The molecule has 0 saturated heterocycles. The Morgan fingerprint density at radius 2 is 1.88 bits per heavy atom. The molecule has 0 spiro atoms. The fourth-order valence-corrected chi connectivity index (χ4v) is 1.10. The number of nitrogens with zero attached hydrogens (tertiary/aromatic N) is 1. The molecule has 0 aliphatic heterocycles. The summed E-state index contributed by atoms with van der Waals surface area (Å²) in [5.41, 5.74) is 5.62. The van der Waals surface area contributed by atoms with Gasteiger partial charge in [0.1, 0.15) is 0 Å². The third kappa shape index (κ3) is 6.30. The Kier molecular flexibility index (Phi) is 8.00. The fraction of sp³-hybridized carbons (Fsp3) is 0.909. The van der Waals surface area contributed by atoms with E-state index in [9.17, 15) is 4.79 Å². The molecule has 16 heavy (non-hydrogen) atoms. The monoisotopic (exact) mass is 252 g/mol. The zero-order chi connectivity index (χ0) is 12.2. The summed E-state index contributed by atoms with van der Waals surface area (Å²) in [6.45, 7) is 8.08. The van der Waals surface area contributed by atoms with Crippen molar-refractivity contribution in [3.63, 3.8) is 0 Å². The molecule has 2 atom stereocenters. The number of hydrogen-bond donors (Lipinski definition) is 2. The van der Waals surface area contributed by atoms with Crippen molar-refractivity contribution in [3.05, 3.63) is 0 Å². The van der Waals surface area contributed by atoms with Gasteiger partial charge in [-0.3, -0.25) is 4.79 Å². The smallest absolute Gasteiger partial charge is 0.239 e. The maximum atomic E-state index is 11.8. The van der Waals surface area contributed by atoms with Crippen LogP contribution in [0.4, 0.5) is 0 Å². The van der Waals surface area contributed by atoms with E-state index in [4.69, 9.17) is 10.8 Å². The average Bonchev–Trinajstić information content (AvgIpc) is 2.10. The quantitative estimate of drug-likeness (QED) is 0.785. The van der Waals surface area contributed by atoms with Crippen LogP contribution in [0.5, 0.6) is 0 Å². The molecule has 0 aliphatic carbocycles. The zero-order valence-electron chi connectivity index (χ0n) is 10.9. The minimum atomic E-state index is -0.489. The van der Waals surface area contributed by atoms with E-state index in [0.29, 0.717) is 13.0 Å². The number of hydrogen-bond acceptors (Lipinski definition) is 3. The van der Waals surface area contributed by atoms with Crippen molar-refractivity contribution in [2.24, 2.45) is 11.1 Å². The fourth-order valence-electron chi connectivity index (χ4n) is 1.10. The molecule has 98 valence electrons. The van der Waals surface area contributed by atoms with Crippen molar-refractivity contribution in [1.82, 2.24) is 4.90 Å². The maximum absolute atomic E-state index is 11.8. The van der Waals surface area contributed by atoms with Gasteiger partial charge in [-0.2, -0.15) is 0 Å². The first-order chi connectivity index (χ1) is 6.66. The number of aliphatic hydroxyl groups is 1. The molecule has 0 aliphatic rings. The molecule has 1 amide bonds. The normalized spacial score (nSPS) is 14.9. The molecular formula is C11H25ClN2O2. The molecule has 0 rings (SSSR count). The van der Waals surface area contributed by atoms with Crippen molar-refractivity contribution in [2.45, 2.75) is 46.3 Å². The van der Waals surface area contributed by atoms with Gasteiger partial charge in [0.15, 0.2) is 0 Å². The maximum Gasteiger partial charge on any atom is 0.239 e. The standard InChI is InChI=1S/C11H24N2O2.ClH/c1-8(14)6-7-13(5)10(15)9(12)11(2,3)4;/h8-9,14H,6-7,12H2,1-5H3;1H/t8?,9-;/m1./s1. The number of likely N-dealkylation sites (N-methyl/N-ethyl adjacent to an activating group) is 1. The summed E-state index contributed by atoms with van der Waals surface area (Å²) < 4.78 is 0. The lowest BCUT2D eigenvalue weighted by Gasteiger charge is -2.30. The van der Waals surface area contributed by atoms with E-state index in [1.165, 1.54) is 0 Å². The summed E-state index contributed by atoms with van der Waals surface area (Å²) >= 11 is 0. The Morgan fingerprint density at radius 3 is 2.19 bits per heavy atom. The number of carbonyl (C=O) groups excluding carboxylic acids is 1. The zero-order valence-corrected chi connectivity index (χ0v) is 11.7. The van der Waals surface area contributed by atoms with Crippen LogP contribution in [0.1, 0.15) is 34.1 Å². The second-order valence-corrected chi connectivity index (χ2v) is 5.24. The van der Waals surface area contributed by atoms with Crippen molar-refractivity contribution in [2.75, 3.05) is 13.6 Å². The first-order valence-corrected chi connectivity index (χ1v) is 5.35. The van der Waals surface area contributed by atoms with Gasteiger partial charge >= 0.3 is 0 Å². The highest BCUT2D eigenvalue weighted by molar-refractivity contribution is 5.85. The van der Waals surface area contributed by atoms with Crippen LogP contribution in [0.25, 0.3) is 0 Å². The number of halogens is 1. The van der Waals surface area contributed by atoms with E-state index < -0.39 is 6.04 Å². The lowest BCUT2D eigenvalue weighted by Crippen LogP contribution is -2.49. The van der Waals surface area contributed by atoms with Gasteiger partial charge in [0.2, 0.25) is 5.91 Å². The summed E-state index contributed by atoms with van der Waals surface area (Å²) in [6.07, 6.45) is 0.199. The highest BCUT2D eigenvalue weighted by atomic mass is 35.5. The molecule has 0 heterocycles. The van der Waals surface area contributed by atoms with Gasteiger partial charge in [-0.05, 0) is 18.8 Å². The van der Waals surface area contributed by atoms with Gasteiger partial charge in [0.25, 0.3) is 0 Å². The Hall–Kier alpha value is -0.320. The van der Waals surface area contributed by atoms with E-state index >= 15 is 0 Å². The van der Waals surface area contributed by atoms with Crippen LogP contribution < -0.4 is 5.73 Å². The Bertz CT molecular complexity index is 215. The number of rotatable bonds is 4. The van der Waals surface area contributed by atoms with Crippen LogP contribution in [0, 0.1) is 5.41 Å². The van der Waals surface area contributed by atoms with Crippen molar-refractivity contribution >= 4 is 18.3 Å². The topological polar surface area (TPSA) is 66.6 Å². The predicted molar refractivity (Wildman–Crippen MR) is 68.6 cm³/mol. The number of aliphatic hydroxyl groups excluding tert-OH is 1. The molecule has 0 bridgehead atoms. The molecule has 0 saturated carbocycles. The molecule has 0 fully saturated rings. The van der Waals surface area contributed by atoms with Crippen LogP contribution in [-0.4, -0.2) is 41.7 Å². The lowest BCUT2D eigenvalue weighted by atomic mass is 9.86. The molecule has 0 aromatic rings. The van der Waals surface area contributed by atoms with Crippen molar-refractivity contribution in [3.8, 4) is 0 Å². The van der Waals surface area contributed by atoms with Crippen LogP contribution in [0.3, 0.4) is 0 Å². The van der Waals surface area contributed by atoms with E-state index in [-0.39, 0.29) is 29.8 Å². The summed E-state index contributed by atoms with van der Waals surface area (Å²) in [7, 11) is 1.72. The highest BCUT2D eigenvalue weighted by Crippen LogP contribution is 2.18. The third-order valence-electron chi connectivity index (χ3n) is 2.46. The first-order valence-electron chi connectivity index (χ1n) is 5.35. The SMILES string of the molecule is CC(O)CCN(C)C(=O)[C@@H](N)C(C)(C)C.Cl. The molecule has 0 aromatic heterocycles.